The second-order valence-corrected chi connectivity index (χ2v) is 10.5. The van der Waals surface area contributed by atoms with E-state index in [0.717, 1.165) is 31.8 Å². The van der Waals surface area contributed by atoms with Gasteiger partial charge in [0.1, 0.15) is 5.75 Å². The van der Waals surface area contributed by atoms with E-state index in [1.54, 1.807) is 6.92 Å². The van der Waals surface area contributed by atoms with Gasteiger partial charge in [0.2, 0.25) is 10.0 Å². The first-order chi connectivity index (χ1) is 14.4. The lowest BCUT2D eigenvalue weighted by Crippen LogP contribution is -2.52. The third-order valence-corrected chi connectivity index (χ3v) is 7.21. The Morgan fingerprint density at radius 3 is 2.43 bits per heavy atom. The maximum absolute atomic E-state index is 12.2. The van der Waals surface area contributed by atoms with Crippen molar-refractivity contribution in [2.75, 3.05) is 25.4 Å². The number of sulfonamides is 1. The molecule has 1 aliphatic heterocycles. The molecule has 164 valence electrons. The highest BCUT2D eigenvalue weighted by Gasteiger charge is 2.32. The Hall–Kier alpha value is -1.89. The van der Waals surface area contributed by atoms with E-state index >= 15 is 0 Å². The molecule has 2 aromatic rings. The van der Waals surface area contributed by atoms with Gasteiger partial charge < -0.3 is 4.74 Å². The third kappa shape index (κ3) is 6.56. The van der Waals surface area contributed by atoms with Crippen molar-refractivity contribution in [3.8, 4) is 5.75 Å². The van der Waals surface area contributed by atoms with Gasteiger partial charge in [-0.1, -0.05) is 56.3 Å². The standard InChI is InChI=1S/C24H34N2O3S/c1-4-30(27,28)25-24-14-15-26(16-20-8-6-5-7-9-20)17-22(24)18-29-23-12-10-21(11-13-23)19(2)3/h5-13,19,22,24-25H,4,14-18H2,1-3H3/t22-,24-/m1/s1. The molecule has 0 unspecified atom stereocenters. The van der Waals surface area contributed by atoms with E-state index in [9.17, 15) is 8.42 Å². The van der Waals surface area contributed by atoms with Crippen LogP contribution < -0.4 is 9.46 Å². The summed E-state index contributed by atoms with van der Waals surface area (Å²) in [5, 5.41) is 0. The number of nitrogens with one attached hydrogen (secondary N) is 1. The second kappa shape index (κ2) is 10.4. The number of hydrogen-bond donors (Lipinski definition) is 1. The van der Waals surface area contributed by atoms with Crippen LogP contribution in [0.4, 0.5) is 0 Å². The van der Waals surface area contributed by atoms with Crippen molar-refractivity contribution in [3.05, 3.63) is 65.7 Å². The molecular weight excluding hydrogens is 396 g/mol. The number of ether oxygens (including phenoxy) is 1. The summed E-state index contributed by atoms with van der Waals surface area (Å²) in [4.78, 5) is 2.39. The molecule has 1 saturated heterocycles. The monoisotopic (exact) mass is 430 g/mol. The Balaban J connectivity index is 1.66. The Morgan fingerprint density at radius 2 is 1.80 bits per heavy atom. The minimum Gasteiger partial charge on any atom is -0.493 e. The molecule has 0 aromatic heterocycles. The van der Waals surface area contributed by atoms with Gasteiger partial charge in [-0.15, -0.1) is 0 Å². The van der Waals surface area contributed by atoms with Crippen LogP contribution in [0.1, 0.15) is 44.2 Å². The Bertz CT molecular complexity index is 882. The van der Waals surface area contributed by atoms with Gasteiger partial charge in [-0.25, -0.2) is 13.1 Å². The molecule has 1 heterocycles. The molecule has 2 atom stereocenters. The molecule has 0 amide bonds. The van der Waals surface area contributed by atoms with E-state index in [-0.39, 0.29) is 17.7 Å². The molecule has 0 bridgehead atoms. The predicted octanol–water partition coefficient (Wildman–Crippen LogP) is 4.02. The first kappa shape index (κ1) is 22.8. The third-order valence-electron chi connectivity index (χ3n) is 5.79. The number of hydrogen-bond acceptors (Lipinski definition) is 4. The number of benzene rings is 2. The lowest BCUT2D eigenvalue weighted by atomic mass is 9.93. The van der Waals surface area contributed by atoms with E-state index in [4.69, 9.17) is 4.74 Å². The van der Waals surface area contributed by atoms with Crippen LogP contribution in [-0.2, 0) is 16.6 Å². The smallest absolute Gasteiger partial charge is 0.211 e. The highest BCUT2D eigenvalue weighted by atomic mass is 32.2. The van der Waals surface area contributed by atoms with E-state index in [1.807, 2.05) is 18.2 Å². The molecule has 6 heteroatoms. The summed E-state index contributed by atoms with van der Waals surface area (Å²) in [6.45, 7) is 9.04. The highest BCUT2D eigenvalue weighted by Crippen LogP contribution is 2.23. The number of piperidine rings is 1. The van der Waals surface area contributed by atoms with Crippen LogP contribution in [0.2, 0.25) is 0 Å². The Morgan fingerprint density at radius 1 is 1.10 bits per heavy atom. The minimum atomic E-state index is -3.25. The molecule has 1 aliphatic rings. The molecule has 0 radical (unpaired) electrons. The summed E-state index contributed by atoms with van der Waals surface area (Å²) < 4.78 is 33.4. The molecule has 30 heavy (non-hydrogen) atoms. The Kier molecular flexibility index (Phi) is 7.92. The van der Waals surface area contributed by atoms with Crippen molar-refractivity contribution in [2.24, 2.45) is 5.92 Å². The average Bonchev–Trinajstić information content (AvgIpc) is 2.74. The fourth-order valence-electron chi connectivity index (χ4n) is 3.88. The summed E-state index contributed by atoms with van der Waals surface area (Å²) in [6, 6.07) is 18.5. The molecule has 1 fully saturated rings. The largest absolute Gasteiger partial charge is 0.493 e. The van der Waals surface area contributed by atoms with Gasteiger partial charge in [0, 0.05) is 31.6 Å². The van der Waals surface area contributed by atoms with Crippen molar-refractivity contribution in [2.45, 2.75) is 45.7 Å². The molecule has 5 nitrogen and oxygen atoms in total. The van der Waals surface area contributed by atoms with Crippen LogP contribution in [0.15, 0.2) is 54.6 Å². The zero-order valence-corrected chi connectivity index (χ0v) is 19.1. The van der Waals surface area contributed by atoms with Crippen molar-refractivity contribution >= 4 is 10.0 Å². The van der Waals surface area contributed by atoms with E-state index in [2.05, 4.69) is 59.9 Å². The lowest BCUT2D eigenvalue weighted by molar-refractivity contribution is 0.102. The maximum atomic E-state index is 12.2. The van der Waals surface area contributed by atoms with Gasteiger partial charge in [-0.2, -0.15) is 0 Å². The lowest BCUT2D eigenvalue weighted by Gasteiger charge is -2.38. The SMILES string of the molecule is CCS(=O)(=O)N[C@@H]1CCN(Cc2ccccc2)C[C@@H]1COc1ccc(C(C)C)cc1. The maximum Gasteiger partial charge on any atom is 0.211 e. The van der Waals surface area contributed by atoms with Crippen LogP contribution >= 0.6 is 0 Å². The number of likely N-dealkylation sites (tertiary alicyclic amines) is 1. The minimum absolute atomic E-state index is 0.0913. The highest BCUT2D eigenvalue weighted by molar-refractivity contribution is 7.89. The molecular formula is C24H34N2O3S. The summed E-state index contributed by atoms with van der Waals surface area (Å²) in [7, 11) is -3.25. The average molecular weight is 431 g/mol. The molecule has 1 N–H and O–H groups in total. The quantitative estimate of drug-likeness (QED) is 0.653. The van der Waals surface area contributed by atoms with Crippen LogP contribution in [0.25, 0.3) is 0 Å². The second-order valence-electron chi connectivity index (χ2n) is 8.43. The first-order valence-corrected chi connectivity index (χ1v) is 12.5. The summed E-state index contributed by atoms with van der Waals surface area (Å²) in [5.41, 5.74) is 2.55. The predicted molar refractivity (Wildman–Crippen MR) is 122 cm³/mol. The number of rotatable bonds is 9. The van der Waals surface area contributed by atoms with Gasteiger partial charge >= 0.3 is 0 Å². The van der Waals surface area contributed by atoms with Crippen LogP contribution in [-0.4, -0.2) is 44.8 Å². The van der Waals surface area contributed by atoms with E-state index < -0.39 is 10.0 Å². The fourth-order valence-corrected chi connectivity index (χ4v) is 4.82. The topological polar surface area (TPSA) is 58.6 Å². The van der Waals surface area contributed by atoms with Gasteiger partial charge in [0.05, 0.1) is 12.4 Å². The summed E-state index contributed by atoms with van der Waals surface area (Å²) >= 11 is 0. The van der Waals surface area contributed by atoms with Gasteiger partial charge in [-0.05, 0) is 42.5 Å². The van der Waals surface area contributed by atoms with Crippen molar-refractivity contribution in [1.29, 1.82) is 0 Å². The van der Waals surface area contributed by atoms with Crippen LogP contribution in [0.5, 0.6) is 5.75 Å². The molecule has 0 spiro atoms. The number of nitrogens with zero attached hydrogens (tertiary/aromatic N) is 1. The Labute approximate surface area is 181 Å². The molecule has 0 aliphatic carbocycles. The van der Waals surface area contributed by atoms with Gasteiger partial charge in [0.25, 0.3) is 0 Å². The van der Waals surface area contributed by atoms with Crippen molar-refractivity contribution < 1.29 is 13.2 Å². The fraction of sp³-hybridized carbons (Fsp3) is 0.500. The van der Waals surface area contributed by atoms with E-state index in [0.29, 0.717) is 12.5 Å². The summed E-state index contributed by atoms with van der Waals surface area (Å²) in [5.74, 6) is 1.50. The molecule has 2 aromatic carbocycles. The van der Waals surface area contributed by atoms with Crippen LogP contribution in [0.3, 0.4) is 0 Å². The zero-order chi connectivity index (χ0) is 21.6. The molecule has 3 rings (SSSR count). The van der Waals surface area contributed by atoms with Crippen LogP contribution in [0, 0.1) is 5.92 Å². The normalized spacial score (nSPS) is 20.4. The summed E-state index contributed by atoms with van der Waals surface area (Å²) in [6.07, 6.45) is 0.784. The van der Waals surface area contributed by atoms with Gasteiger partial charge in [0.15, 0.2) is 0 Å². The molecule has 0 saturated carbocycles. The van der Waals surface area contributed by atoms with E-state index in [1.165, 1.54) is 11.1 Å². The van der Waals surface area contributed by atoms with Gasteiger partial charge in [-0.3, -0.25) is 4.90 Å². The zero-order valence-electron chi connectivity index (χ0n) is 18.3. The van der Waals surface area contributed by atoms with Crippen molar-refractivity contribution in [3.63, 3.8) is 0 Å². The van der Waals surface area contributed by atoms with Crippen molar-refractivity contribution in [1.82, 2.24) is 9.62 Å². The first-order valence-electron chi connectivity index (χ1n) is 10.9.